The Hall–Kier alpha value is -2.62. The lowest BCUT2D eigenvalue weighted by Crippen LogP contribution is -2.62. The molecular weight excluding hydrogens is 514 g/mol. The molecule has 0 heterocycles. The molecule has 204 valence electrons. The van der Waals surface area contributed by atoms with E-state index in [-0.39, 0.29) is 58.1 Å². The smallest absolute Gasteiger partial charge is 0.340 e. The highest BCUT2D eigenvalue weighted by molar-refractivity contribution is 6.33. The lowest BCUT2D eigenvalue weighted by Gasteiger charge is -2.60. The van der Waals surface area contributed by atoms with Gasteiger partial charge < -0.3 is 14.9 Å². The SMILES string of the molecule is CC12CCC(=O)C=C1CCC1C2C(O)CC2(C)C1CCC2(O)C(=O)COC(=O)c1ccc([N+](=O)[O-])cc1Cl. The molecule has 7 unspecified atom stereocenters. The van der Waals surface area contributed by atoms with Crippen LogP contribution < -0.4 is 0 Å². The number of nitro groups is 1. The van der Waals surface area contributed by atoms with Crippen molar-refractivity contribution in [1.82, 2.24) is 0 Å². The number of carbonyl (C=O) groups excluding carboxylic acids is 3. The van der Waals surface area contributed by atoms with Crippen LogP contribution in [0.1, 0.15) is 69.2 Å². The van der Waals surface area contributed by atoms with Gasteiger partial charge in [0, 0.05) is 24.0 Å². The standard InChI is InChI=1S/C28H32ClNO8/c1-26-9-7-17(31)11-15(26)3-5-18-20-8-10-28(35,27(20,2)13-22(32)24(18)26)23(33)14-38-25(34)19-6-4-16(30(36)37)12-21(19)29/h4,6,11-12,18,20,22,24,32,35H,3,5,7-10,13-14H2,1-2H3. The number of nitrogens with zero attached hydrogens (tertiary/aromatic N) is 1. The molecule has 5 rings (SSSR count). The third kappa shape index (κ3) is 3.93. The van der Waals surface area contributed by atoms with Gasteiger partial charge in [-0.25, -0.2) is 4.79 Å². The highest BCUT2D eigenvalue weighted by Crippen LogP contribution is 2.67. The van der Waals surface area contributed by atoms with Gasteiger partial charge in [0.15, 0.2) is 12.4 Å². The summed E-state index contributed by atoms with van der Waals surface area (Å²) in [6.07, 6.45) is 4.78. The largest absolute Gasteiger partial charge is 0.454 e. The Bertz CT molecular complexity index is 1260. The van der Waals surface area contributed by atoms with Gasteiger partial charge in [-0.3, -0.25) is 19.7 Å². The molecule has 4 aliphatic rings. The third-order valence-corrected chi connectivity index (χ3v) is 10.5. The van der Waals surface area contributed by atoms with Gasteiger partial charge in [-0.05, 0) is 73.8 Å². The molecule has 0 saturated heterocycles. The fourth-order valence-electron chi connectivity index (χ4n) is 8.26. The minimum Gasteiger partial charge on any atom is -0.454 e. The topological polar surface area (TPSA) is 144 Å². The highest BCUT2D eigenvalue weighted by Gasteiger charge is 2.68. The number of esters is 1. The van der Waals surface area contributed by atoms with Crippen molar-refractivity contribution >= 4 is 34.8 Å². The first-order valence-corrected chi connectivity index (χ1v) is 13.5. The van der Waals surface area contributed by atoms with Crippen LogP contribution in [0.4, 0.5) is 5.69 Å². The summed E-state index contributed by atoms with van der Waals surface area (Å²) >= 11 is 6.01. The normalized spacial score (nSPS) is 37.9. The number of hydrogen-bond donors (Lipinski definition) is 2. The van der Waals surface area contributed by atoms with Crippen LogP contribution in [0.2, 0.25) is 5.02 Å². The van der Waals surface area contributed by atoms with Crippen LogP contribution in [-0.2, 0) is 14.3 Å². The summed E-state index contributed by atoms with van der Waals surface area (Å²) in [6, 6.07) is 3.31. The fourth-order valence-corrected chi connectivity index (χ4v) is 8.51. The zero-order chi connectivity index (χ0) is 27.6. The number of carbonyl (C=O) groups is 3. The summed E-state index contributed by atoms with van der Waals surface area (Å²) in [4.78, 5) is 48.3. The van der Waals surface area contributed by atoms with E-state index in [4.69, 9.17) is 16.3 Å². The van der Waals surface area contributed by atoms with Gasteiger partial charge >= 0.3 is 5.97 Å². The molecule has 0 aromatic heterocycles. The molecule has 0 aliphatic heterocycles. The molecule has 0 spiro atoms. The molecule has 0 amide bonds. The highest BCUT2D eigenvalue weighted by atomic mass is 35.5. The van der Waals surface area contributed by atoms with Crippen molar-refractivity contribution in [3.63, 3.8) is 0 Å². The van der Waals surface area contributed by atoms with Gasteiger partial charge in [0.05, 0.1) is 21.6 Å². The van der Waals surface area contributed by atoms with Gasteiger partial charge in [-0.1, -0.05) is 31.0 Å². The molecule has 38 heavy (non-hydrogen) atoms. The number of aliphatic hydroxyl groups excluding tert-OH is 1. The Morgan fingerprint density at radius 3 is 2.63 bits per heavy atom. The number of halogens is 1. The maximum absolute atomic E-state index is 13.4. The Labute approximate surface area is 225 Å². The fraction of sp³-hybridized carbons (Fsp3) is 0.607. The van der Waals surface area contributed by atoms with Crippen molar-refractivity contribution in [2.24, 2.45) is 28.6 Å². The van der Waals surface area contributed by atoms with Crippen molar-refractivity contribution in [3.05, 3.63) is 50.5 Å². The van der Waals surface area contributed by atoms with Crippen molar-refractivity contribution in [3.8, 4) is 0 Å². The molecule has 1 aromatic rings. The lowest BCUT2D eigenvalue weighted by atomic mass is 9.45. The monoisotopic (exact) mass is 545 g/mol. The van der Waals surface area contributed by atoms with E-state index < -0.39 is 40.4 Å². The van der Waals surface area contributed by atoms with Crippen molar-refractivity contribution < 1.29 is 34.3 Å². The molecule has 3 fully saturated rings. The molecule has 9 nitrogen and oxygen atoms in total. The minimum atomic E-state index is -1.78. The number of non-ortho nitro benzene ring substituents is 1. The van der Waals surface area contributed by atoms with E-state index in [1.54, 1.807) is 6.08 Å². The third-order valence-electron chi connectivity index (χ3n) is 10.2. The Balaban J connectivity index is 1.33. The molecule has 4 aliphatic carbocycles. The maximum Gasteiger partial charge on any atom is 0.340 e. The van der Waals surface area contributed by atoms with Crippen molar-refractivity contribution in [2.75, 3.05) is 6.61 Å². The molecule has 1 aromatic carbocycles. The minimum absolute atomic E-state index is 0.000622. The molecular formula is C28H32ClNO8. The van der Waals surface area contributed by atoms with E-state index in [1.807, 2.05) is 6.92 Å². The van der Waals surface area contributed by atoms with Crippen LogP contribution in [0.5, 0.6) is 0 Å². The number of aliphatic hydroxyl groups is 2. The first-order valence-electron chi connectivity index (χ1n) is 13.1. The van der Waals surface area contributed by atoms with E-state index in [9.17, 15) is 34.7 Å². The summed E-state index contributed by atoms with van der Waals surface area (Å²) in [5, 5.41) is 34.0. The summed E-state index contributed by atoms with van der Waals surface area (Å²) in [5.41, 5.74) is -2.24. The van der Waals surface area contributed by atoms with Crippen LogP contribution in [0.3, 0.4) is 0 Å². The summed E-state index contributed by atoms with van der Waals surface area (Å²) in [5.74, 6) is -1.37. The summed E-state index contributed by atoms with van der Waals surface area (Å²) < 4.78 is 5.20. The Kier molecular flexibility index (Phi) is 6.56. The number of rotatable bonds is 5. The number of hydrogen-bond acceptors (Lipinski definition) is 8. The van der Waals surface area contributed by atoms with Crippen LogP contribution >= 0.6 is 11.6 Å². The molecule has 7 atom stereocenters. The van der Waals surface area contributed by atoms with Gasteiger partial charge in [-0.2, -0.15) is 0 Å². The molecule has 10 heteroatoms. The van der Waals surface area contributed by atoms with Gasteiger partial charge in [0.25, 0.3) is 5.69 Å². The van der Waals surface area contributed by atoms with E-state index in [0.717, 1.165) is 36.6 Å². The summed E-state index contributed by atoms with van der Waals surface area (Å²) in [6.45, 7) is 3.32. The molecule has 2 N–H and O–H groups in total. The summed E-state index contributed by atoms with van der Waals surface area (Å²) in [7, 11) is 0. The van der Waals surface area contributed by atoms with Crippen LogP contribution in [0.15, 0.2) is 29.8 Å². The average molecular weight is 546 g/mol. The quantitative estimate of drug-likeness (QED) is 0.318. The van der Waals surface area contributed by atoms with E-state index >= 15 is 0 Å². The van der Waals surface area contributed by atoms with E-state index in [0.29, 0.717) is 19.3 Å². The van der Waals surface area contributed by atoms with E-state index in [2.05, 4.69) is 6.92 Å². The van der Waals surface area contributed by atoms with E-state index in [1.165, 1.54) is 0 Å². The maximum atomic E-state index is 13.4. The van der Waals surface area contributed by atoms with Gasteiger partial charge in [-0.15, -0.1) is 0 Å². The Morgan fingerprint density at radius 1 is 1.21 bits per heavy atom. The number of allylic oxidation sites excluding steroid dienone is 1. The van der Waals surface area contributed by atoms with Gasteiger partial charge in [0.2, 0.25) is 5.78 Å². The number of ketones is 2. The number of nitro benzene ring substituents is 1. The van der Waals surface area contributed by atoms with Crippen LogP contribution in [0, 0.1) is 38.7 Å². The van der Waals surface area contributed by atoms with Crippen molar-refractivity contribution in [1.29, 1.82) is 0 Å². The molecule has 0 radical (unpaired) electrons. The second kappa shape index (κ2) is 9.24. The first-order chi connectivity index (χ1) is 17.8. The van der Waals surface area contributed by atoms with Gasteiger partial charge in [0.1, 0.15) is 5.60 Å². The number of fused-ring (bicyclic) bond motifs is 5. The Morgan fingerprint density at radius 2 is 1.95 bits per heavy atom. The number of Topliss-reactive ketones (excluding diaryl/α,β-unsaturated/α-hetero) is 1. The average Bonchev–Trinajstić information content (AvgIpc) is 3.13. The van der Waals surface area contributed by atoms with Crippen LogP contribution in [0.25, 0.3) is 0 Å². The zero-order valence-electron chi connectivity index (χ0n) is 21.4. The molecule has 0 bridgehead atoms. The molecule has 3 saturated carbocycles. The second-order valence-corrected chi connectivity index (χ2v) is 12.3. The zero-order valence-corrected chi connectivity index (χ0v) is 22.2. The number of benzene rings is 1. The number of ether oxygens (including phenoxy) is 1. The predicted octanol–water partition coefficient (Wildman–Crippen LogP) is 4.21. The van der Waals surface area contributed by atoms with Crippen molar-refractivity contribution in [2.45, 2.75) is 70.5 Å². The lowest BCUT2D eigenvalue weighted by molar-refractivity contribution is -0.384. The van der Waals surface area contributed by atoms with Crippen LogP contribution in [-0.4, -0.2) is 51.0 Å². The predicted molar refractivity (Wildman–Crippen MR) is 136 cm³/mol. The first kappa shape index (κ1) is 27.0. The second-order valence-electron chi connectivity index (χ2n) is 11.9.